The minimum Gasteiger partial charge on any atom is -0.494 e. The second kappa shape index (κ2) is 9.02. The van der Waals surface area contributed by atoms with E-state index in [-0.39, 0.29) is 5.75 Å². The van der Waals surface area contributed by atoms with E-state index < -0.39 is 10.0 Å². The van der Waals surface area contributed by atoms with Gasteiger partial charge in [-0.2, -0.15) is 0 Å². The average Bonchev–Trinajstić information content (AvgIpc) is 2.38. The summed E-state index contributed by atoms with van der Waals surface area (Å²) < 4.78 is 27.2. The average molecular weight is 314 g/mol. The van der Waals surface area contributed by atoms with E-state index in [1.165, 1.54) is 0 Å². The van der Waals surface area contributed by atoms with Crippen LogP contribution in [0.15, 0.2) is 24.3 Å². The molecule has 0 bridgehead atoms. The number of nitrogens with one attached hydrogen (secondary N) is 1. The summed E-state index contributed by atoms with van der Waals surface area (Å²) in [5.74, 6) is 1.54. The molecule has 0 aromatic heterocycles. The molecule has 0 radical (unpaired) electrons. The summed E-state index contributed by atoms with van der Waals surface area (Å²) in [7, 11) is -3.35. The molecule has 0 fully saturated rings. The largest absolute Gasteiger partial charge is 0.494 e. The number of hydrogen-bond donors (Lipinski definition) is 2. The highest BCUT2D eigenvalue weighted by Crippen LogP contribution is 2.13. The maximum absolute atomic E-state index is 10.8. The Morgan fingerprint density at radius 3 is 2.48 bits per heavy atom. The fourth-order valence-electron chi connectivity index (χ4n) is 1.75. The van der Waals surface area contributed by atoms with E-state index in [1.54, 1.807) is 0 Å². The van der Waals surface area contributed by atoms with Gasteiger partial charge in [0, 0.05) is 6.54 Å². The Bertz CT molecular complexity index is 498. The molecular weight excluding hydrogens is 288 g/mol. The van der Waals surface area contributed by atoms with E-state index in [9.17, 15) is 8.42 Å². The van der Waals surface area contributed by atoms with Gasteiger partial charge in [-0.3, -0.25) is 0 Å². The lowest BCUT2D eigenvalue weighted by Crippen LogP contribution is -2.22. The van der Waals surface area contributed by atoms with Gasteiger partial charge in [0.1, 0.15) is 5.75 Å². The van der Waals surface area contributed by atoms with Crippen molar-refractivity contribution in [3.05, 3.63) is 29.8 Å². The molecule has 0 aliphatic carbocycles. The van der Waals surface area contributed by atoms with Crippen LogP contribution >= 0.6 is 0 Å². The Morgan fingerprint density at radius 2 is 1.90 bits per heavy atom. The summed E-state index contributed by atoms with van der Waals surface area (Å²) in [5.41, 5.74) is 1.14. The van der Waals surface area contributed by atoms with Crippen LogP contribution in [0.25, 0.3) is 0 Å². The molecule has 1 aromatic carbocycles. The maximum Gasteiger partial charge on any atom is 0.209 e. The molecule has 1 aromatic rings. The van der Waals surface area contributed by atoms with Crippen LogP contribution in [0, 0.1) is 5.92 Å². The van der Waals surface area contributed by atoms with E-state index in [0.717, 1.165) is 24.3 Å². The zero-order valence-electron chi connectivity index (χ0n) is 12.8. The highest BCUT2D eigenvalue weighted by atomic mass is 32.2. The fraction of sp³-hybridized carbons (Fsp3) is 0.600. The molecule has 0 atom stereocenters. The molecule has 0 aliphatic heterocycles. The van der Waals surface area contributed by atoms with Crippen LogP contribution in [0.4, 0.5) is 0 Å². The van der Waals surface area contributed by atoms with Crippen molar-refractivity contribution in [3.8, 4) is 5.75 Å². The van der Waals surface area contributed by atoms with E-state index in [4.69, 9.17) is 9.88 Å². The molecule has 0 heterocycles. The second-order valence-electron chi connectivity index (χ2n) is 5.57. The van der Waals surface area contributed by atoms with Crippen molar-refractivity contribution >= 4 is 10.0 Å². The molecule has 0 unspecified atom stereocenters. The quantitative estimate of drug-likeness (QED) is 0.646. The summed E-state index contributed by atoms with van der Waals surface area (Å²) in [4.78, 5) is 0. The standard InChI is InChI=1S/C15H26N2O3S/c1-13(2)8-10-20-15-6-4-14(5-7-15)12-17-9-3-11-21(16,18)19/h4-7,13,17H,3,8-12H2,1-2H3,(H2,16,18,19). The Morgan fingerprint density at radius 1 is 1.24 bits per heavy atom. The van der Waals surface area contributed by atoms with Gasteiger partial charge in [-0.05, 0) is 43.0 Å². The topological polar surface area (TPSA) is 81.4 Å². The van der Waals surface area contributed by atoms with Crippen molar-refractivity contribution in [2.24, 2.45) is 11.1 Å². The van der Waals surface area contributed by atoms with Crippen molar-refractivity contribution in [1.29, 1.82) is 0 Å². The summed E-state index contributed by atoms with van der Waals surface area (Å²) >= 11 is 0. The van der Waals surface area contributed by atoms with Gasteiger partial charge in [-0.15, -0.1) is 0 Å². The number of primary sulfonamides is 1. The van der Waals surface area contributed by atoms with Crippen LogP contribution in [0.2, 0.25) is 0 Å². The molecule has 120 valence electrons. The minimum atomic E-state index is -3.35. The normalized spacial score (nSPS) is 11.8. The van der Waals surface area contributed by atoms with Crippen molar-refractivity contribution < 1.29 is 13.2 Å². The molecule has 6 heteroatoms. The Labute approximate surface area is 127 Å². The number of sulfonamides is 1. The molecule has 1 rings (SSSR count). The smallest absolute Gasteiger partial charge is 0.209 e. The molecule has 0 spiro atoms. The molecule has 5 nitrogen and oxygen atoms in total. The molecule has 0 saturated carbocycles. The summed E-state index contributed by atoms with van der Waals surface area (Å²) in [6.45, 7) is 6.42. The number of benzene rings is 1. The zero-order valence-corrected chi connectivity index (χ0v) is 13.7. The van der Waals surface area contributed by atoms with E-state index in [2.05, 4.69) is 19.2 Å². The third-order valence-corrected chi connectivity index (χ3v) is 3.86. The third-order valence-electron chi connectivity index (χ3n) is 3.00. The van der Waals surface area contributed by atoms with Gasteiger partial charge in [0.05, 0.1) is 12.4 Å². The molecule has 3 N–H and O–H groups in total. The van der Waals surface area contributed by atoms with Crippen molar-refractivity contribution in [3.63, 3.8) is 0 Å². The van der Waals surface area contributed by atoms with Crippen molar-refractivity contribution in [2.75, 3.05) is 18.9 Å². The molecule has 0 saturated heterocycles. The lowest BCUT2D eigenvalue weighted by Gasteiger charge is -2.09. The molecule has 0 amide bonds. The first-order chi connectivity index (χ1) is 9.87. The predicted octanol–water partition coefficient (Wildman–Crippen LogP) is 1.88. The Hall–Kier alpha value is -1.11. The number of hydrogen-bond acceptors (Lipinski definition) is 4. The first-order valence-corrected chi connectivity index (χ1v) is 9.01. The van der Waals surface area contributed by atoms with Crippen LogP contribution in [0.1, 0.15) is 32.3 Å². The first-order valence-electron chi connectivity index (χ1n) is 7.30. The minimum absolute atomic E-state index is 0.0165. The highest BCUT2D eigenvalue weighted by Gasteiger charge is 2.01. The van der Waals surface area contributed by atoms with Crippen LogP contribution in [0.5, 0.6) is 5.75 Å². The molecule has 0 aliphatic rings. The lowest BCUT2D eigenvalue weighted by molar-refractivity contribution is 0.289. The van der Waals surface area contributed by atoms with Crippen LogP contribution in [-0.2, 0) is 16.6 Å². The second-order valence-corrected chi connectivity index (χ2v) is 7.31. The lowest BCUT2D eigenvalue weighted by atomic mass is 10.1. The van der Waals surface area contributed by atoms with Gasteiger partial charge in [-0.25, -0.2) is 13.6 Å². The first kappa shape index (κ1) is 17.9. The van der Waals surface area contributed by atoms with Gasteiger partial charge in [0.15, 0.2) is 0 Å². The van der Waals surface area contributed by atoms with Gasteiger partial charge in [0.2, 0.25) is 10.0 Å². The van der Waals surface area contributed by atoms with Gasteiger partial charge in [0.25, 0.3) is 0 Å². The van der Waals surface area contributed by atoms with Crippen molar-refractivity contribution in [2.45, 2.75) is 33.2 Å². The van der Waals surface area contributed by atoms with Gasteiger partial charge in [-0.1, -0.05) is 26.0 Å². The summed E-state index contributed by atoms with van der Waals surface area (Å²) in [5, 5.41) is 8.13. The zero-order chi connectivity index (χ0) is 15.7. The third kappa shape index (κ3) is 9.44. The SMILES string of the molecule is CC(C)CCOc1ccc(CNCCCS(N)(=O)=O)cc1. The van der Waals surface area contributed by atoms with Crippen LogP contribution in [0.3, 0.4) is 0 Å². The fourth-order valence-corrected chi connectivity index (χ4v) is 2.29. The van der Waals surface area contributed by atoms with Crippen LogP contribution in [-0.4, -0.2) is 27.3 Å². The van der Waals surface area contributed by atoms with E-state index >= 15 is 0 Å². The van der Waals surface area contributed by atoms with Crippen LogP contribution < -0.4 is 15.2 Å². The van der Waals surface area contributed by atoms with E-state index in [1.807, 2.05) is 24.3 Å². The van der Waals surface area contributed by atoms with E-state index in [0.29, 0.717) is 25.4 Å². The van der Waals surface area contributed by atoms with Gasteiger partial charge >= 0.3 is 0 Å². The number of nitrogens with two attached hydrogens (primary N) is 1. The summed E-state index contributed by atoms with van der Waals surface area (Å²) in [6.07, 6.45) is 1.57. The molecular formula is C15H26N2O3S. The summed E-state index contributed by atoms with van der Waals surface area (Å²) in [6, 6.07) is 7.94. The number of rotatable bonds is 10. The van der Waals surface area contributed by atoms with Crippen molar-refractivity contribution in [1.82, 2.24) is 5.32 Å². The molecule has 21 heavy (non-hydrogen) atoms. The number of ether oxygens (including phenoxy) is 1. The van der Waals surface area contributed by atoms with Gasteiger partial charge < -0.3 is 10.1 Å². The monoisotopic (exact) mass is 314 g/mol. The Balaban J connectivity index is 2.22. The predicted molar refractivity (Wildman–Crippen MR) is 85.7 cm³/mol. The highest BCUT2D eigenvalue weighted by molar-refractivity contribution is 7.89. The maximum atomic E-state index is 10.8. The Kier molecular flexibility index (Phi) is 7.71.